The molecule has 0 aliphatic carbocycles. The van der Waals surface area contributed by atoms with Gasteiger partial charge < -0.3 is 10.2 Å². The third-order valence-electron chi connectivity index (χ3n) is 5.22. The Morgan fingerprint density at radius 2 is 1.86 bits per heavy atom. The fourth-order valence-electron chi connectivity index (χ4n) is 3.84. The van der Waals surface area contributed by atoms with E-state index in [0.717, 1.165) is 23.7 Å². The van der Waals surface area contributed by atoms with E-state index >= 15 is 0 Å². The Morgan fingerprint density at radius 3 is 2.55 bits per heavy atom. The normalized spacial score (nSPS) is 19.3. The Morgan fingerprint density at radius 1 is 1.14 bits per heavy atom. The topological polar surface area (TPSA) is 63.1 Å². The number of pyridine rings is 1. The van der Waals surface area contributed by atoms with Crippen molar-refractivity contribution in [3.63, 3.8) is 0 Å². The van der Waals surface area contributed by atoms with E-state index in [-0.39, 0.29) is 17.6 Å². The van der Waals surface area contributed by atoms with Gasteiger partial charge in [0, 0.05) is 54.7 Å². The molecule has 2 aromatic heterocycles. The lowest BCUT2D eigenvalue weighted by Gasteiger charge is -2.39. The van der Waals surface area contributed by atoms with Crippen LogP contribution in [0.25, 0.3) is 11.3 Å². The molecule has 4 rings (SSSR count). The molecule has 0 radical (unpaired) electrons. The molecule has 1 fully saturated rings. The van der Waals surface area contributed by atoms with Crippen molar-refractivity contribution in [2.45, 2.75) is 32.5 Å². The molecule has 6 nitrogen and oxygen atoms in total. The van der Waals surface area contributed by atoms with Gasteiger partial charge in [-0.25, -0.2) is 4.98 Å². The third-order valence-corrected chi connectivity index (χ3v) is 5.47. The van der Waals surface area contributed by atoms with Crippen LogP contribution in [0.5, 0.6) is 0 Å². The van der Waals surface area contributed by atoms with Crippen molar-refractivity contribution < 1.29 is 0 Å². The van der Waals surface area contributed by atoms with Crippen LogP contribution in [-0.2, 0) is 6.54 Å². The fourth-order valence-corrected chi connectivity index (χ4v) is 3.96. The molecular formula is C22H24ClN5O. The minimum Gasteiger partial charge on any atom is -0.339 e. The van der Waals surface area contributed by atoms with E-state index in [4.69, 9.17) is 16.6 Å². The second-order valence-electron chi connectivity index (χ2n) is 7.34. The van der Waals surface area contributed by atoms with Crippen LogP contribution in [0, 0.1) is 0 Å². The summed E-state index contributed by atoms with van der Waals surface area (Å²) in [6.07, 6.45) is 3.43. The zero-order valence-corrected chi connectivity index (χ0v) is 17.3. The Balaban J connectivity index is 1.73. The van der Waals surface area contributed by atoms with Crippen molar-refractivity contribution in [1.82, 2.24) is 19.9 Å². The molecule has 7 heteroatoms. The first kappa shape index (κ1) is 19.6. The Hall–Kier alpha value is -2.70. The van der Waals surface area contributed by atoms with Crippen molar-refractivity contribution in [1.29, 1.82) is 0 Å². The number of nitrogens with one attached hydrogen (secondary N) is 1. The summed E-state index contributed by atoms with van der Waals surface area (Å²) < 4.78 is 1.74. The first-order chi connectivity index (χ1) is 14.0. The molecule has 3 heterocycles. The fraction of sp³-hybridized carbons (Fsp3) is 0.318. The van der Waals surface area contributed by atoms with Crippen LogP contribution in [-0.4, -0.2) is 33.7 Å². The first-order valence-electron chi connectivity index (χ1n) is 9.84. The van der Waals surface area contributed by atoms with Crippen molar-refractivity contribution in [2.24, 2.45) is 0 Å². The van der Waals surface area contributed by atoms with Crippen LogP contribution >= 0.6 is 11.6 Å². The highest BCUT2D eigenvalue weighted by Gasteiger charge is 2.28. The van der Waals surface area contributed by atoms with E-state index in [1.165, 1.54) is 5.56 Å². The van der Waals surface area contributed by atoms with Gasteiger partial charge in [-0.2, -0.15) is 0 Å². The molecule has 0 saturated carbocycles. The van der Waals surface area contributed by atoms with Crippen LogP contribution in [0.1, 0.15) is 25.5 Å². The summed E-state index contributed by atoms with van der Waals surface area (Å²) in [5.41, 5.74) is 2.69. The lowest BCUT2D eigenvalue weighted by molar-refractivity contribution is 0.388. The van der Waals surface area contributed by atoms with E-state index < -0.39 is 0 Å². The molecule has 1 aromatic carbocycles. The molecule has 1 N–H and O–H groups in total. The number of rotatable bonds is 4. The van der Waals surface area contributed by atoms with E-state index in [1.54, 1.807) is 23.0 Å². The van der Waals surface area contributed by atoms with Gasteiger partial charge in [-0.15, -0.1) is 0 Å². The van der Waals surface area contributed by atoms with Gasteiger partial charge in [-0.3, -0.25) is 14.3 Å². The van der Waals surface area contributed by atoms with Crippen LogP contribution in [0.4, 0.5) is 5.95 Å². The SMILES string of the molecule is CCn1c(N2C[C@@H](C)N[C@@H](c3ccc(Cl)cc3)C2)nc(-c2ccncc2)cc1=O. The summed E-state index contributed by atoms with van der Waals surface area (Å²) in [7, 11) is 0. The lowest BCUT2D eigenvalue weighted by Crippen LogP contribution is -2.52. The van der Waals surface area contributed by atoms with Crippen molar-refractivity contribution in [2.75, 3.05) is 18.0 Å². The number of hydrogen-bond acceptors (Lipinski definition) is 5. The first-order valence-corrected chi connectivity index (χ1v) is 10.2. The minimum absolute atomic E-state index is 0.0430. The van der Waals surface area contributed by atoms with Crippen LogP contribution < -0.4 is 15.8 Å². The average Bonchev–Trinajstić information content (AvgIpc) is 2.74. The number of halogens is 1. The summed E-state index contributed by atoms with van der Waals surface area (Å²) in [5, 5.41) is 4.37. The minimum atomic E-state index is -0.0430. The molecule has 2 atom stereocenters. The summed E-state index contributed by atoms with van der Waals surface area (Å²) in [6, 6.07) is 13.6. The molecule has 0 amide bonds. The zero-order valence-electron chi connectivity index (χ0n) is 16.5. The second-order valence-corrected chi connectivity index (χ2v) is 7.77. The number of nitrogens with zero attached hydrogens (tertiary/aromatic N) is 4. The highest BCUT2D eigenvalue weighted by Crippen LogP contribution is 2.25. The average molecular weight is 410 g/mol. The van der Waals surface area contributed by atoms with Gasteiger partial charge in [0.25, 0.3) is 5.56 Å². The van der Waals surface area contributed by atoms with E-state index in [1.807, 2.05) is 43.3 Å². The number of anilines is 1. The standard InChI is InChI=1S/C22H24ClN5O/c1-3-28-21(29)12-19(17-8-10-24-11-9-17)26-22(28)27-13-15(2)25-20(14-27)16-4-6-18(23)7-5-16/h4-12,15,20,25H,3,13-14H2,1-2H3/t15-,20-/m1/s1. The Kier molecular flexibility index (Phi) is 5.65. The maximum atomic E-state index is 12.8. The van der Waals surface area contributed by atoms with Crippen molar-refractivity contribution >= 4 is 17.5 Å². The van der Waals surface area contributed by atoms with Crippen LogP contribution in [0.3, 0.4) is 0 Å². The van der Waals surface area contributed by atoms with Gasteiger partial charge in [-0.05, 0) is 43.7 Å². The summed E-state index contributed by atoms with van der Waals surface area (Å²) >= 11 is 6.05. The molecular weight excluding hydrogens is 386 g/mol. The predicted octanol–water partition coefficient (Wildman–Crippen LogP) is 3.52. The smallest absolute Gasteiger partial charge is 0.255 e. The van der Waals surface area contributed by atoms with E-state index in [9.17, 15) is 4.79 Å². The third kappa shape index (κ3) is 4.18. The zero-order chi connectivity index (χ0) is 20.4. The summed E-state index contributed by atoms with van der Waals surface area (Å²) in [4.78, 5) is 24.0. The summed E-state index contributed by atoms with van der Waals surface area (Å²) in [5.74, 6) is 0.708. The lowest BCUT2D eigenvalue weighted by atomic mass is 10.0. The van der Waals surface area contributed by atoms with Gasteiger partial charge in [0.1, 0.15) is 0 Å². The quantitative estimate of drug-likeness (QED) is 0.714. The monoisotopic (exact) mass is 409 g/mol. The van der Waals surface area contributed by atoms with Crippen LogP contribution in [0.2, 0.25) is 5.02 Å². The second kappa shape index (κ2) is 8.35. The van der Waals surface area contributed by atoms with Gasteiger partial charge in [0.05, 0.1) is 11.7 Å². The number of benzene rings is 1. The molecule has 1 aliphatic heterocycles. The highest BCUT2D eigenvalue weighted by atomic mass is 35.5. The molecule has 150 valence electrons. The number of piperazine rings is 1. The molecule has 1 aliphatic rings. The Bertz CT molecular complexity index is 1040. The maximum Gasteiger partial charge on any atom is 0.255 e. The van der Waals surface area contributed by atoms with Crippen molar-refractivity contribution in [3.8, 4) is 11.3 Å². The van der Waals surface area contributed by atoms with E-state index in [2.05, 4.69) is 22.1 Å². The van der Waals surface area contributed by atoms with Gasteiger partial charge in [0.2, 0.25) is 5.95 Å². The Labute approximate surface area is 175 Å². The molecule has 29 heavy (non-hydrogen) atoms. The van der Waals surface area contributed by atoms with E-state index in [0.29, 0.717) is 18.2 Å². The number of aromatic nitrogens is 3. The molecule has 1 saturated heterocycles. The molecule has 0 spiro atoms. The number of hydrogen-bond donors (Lipinski definition) is 1. The molecule has 0 unspecified atom stereocenters. The largest absolute Gasteiger partial charge is 0.339 e. The van der Waals surface area contributed by atoms with Gasteiger partial charge in [-0.1, -0.05) is 23.7 Å². The maximum absolute atomic E-state index is 12.8. The highest BCUT2D eigenvalue weighted by molar-refractivity contribution is 6.30. The predicted molar refractivity (Wildman–Crippen MR) is 116 cm³/mol. The molecule has 0 bridgehead atoms. The van der Waals surface area contributed by atoms with Gasteiger partial charge in [0.15, 0.2) is 0 Å². The summed E-state index contributed by atoms with van der Waals surface area (Å²) in [6.45, 7) is 6.19. The molecule has 3 aromatic rings. The van der Waals surface area contributed by atoms with Crippen molar-refractivity contribution in [3.05, 3.63) is 75.8 Å². The van der Waals surface area contributed by atoms with Crippen LogP contribution in [0.15, 0.2) is 59.7 Å². The van der Waals surface area contributed by atoms with Gasteiger partial charge >= 0.3 is 0 Å².